The monoisotopic (exact) mass is 544 g/mol. The average molecular weight is 545 g/mol. The Morgan fingerprint density at radius 2 is 1.32 bits per heavy atom. The molecule has 0 saturated heterocycles. The molecule has 2 N–H and O–H groups in total. The quantitative estimate of drug-likeness (QED) is 0.429. The van der Waals surface area contributed by atoms with Crippen LogP contribution in [-0.2, 0) is 0 Å². The van der Waals surface area contributed by atoms with Crippen molar-refractivity contribution in [3.05, 3.63) is 54.7 Å². The van der Waals surface area contributed by atoms with Crippen LogP contribution >= 0.6 is 61.1 Å². The van der Waals surface area contributed by atoms with Gasteiger partial charge in [-0.1, -0.05) is 28.1 Å². The molecule has 2 nitrogen and oxygen atoms in total. The van der Waals surface area contributed by atoms with Gasteiger partial charge in [0.15, 0.2) is 0 Å². The second-order valence-electron chi connectivity index (χ2n) is 4.12. The summed E-state index contributed by atoms with van der Waals surface area (Å²) in [5, 5.41) is 19.8. The van der Waals surface area contributed by atoms with Gasteiger partial charge in [-0.2, -0.15) is 0 Å². The molecule has 2 aromatic carbocycles. The molecule has 0 unspecified atom stereocenters. The van der Waals surface area contributed by atoms with Gasteiger partial charge < -0.3 is 10.2 Å². The van der Waals surface area contributed by atoms with Gasteiger partial charge in [-0.05, 0) is 80.6 Å². The van der Waals surface area contributed by atoms with Crippen molar-refractivity contribution in [2.45, 2.75) is 5.92 Å². The highest BCUT2D eigenvalue weighted by Crippen LogP contribution is 2.35. The van der Waals surface area contributed by atoms with Gasteiger partial charge in [-0.3, -0.25) is 0 Å². The summed E-state index contributed by atoms with van der Waals surface area (Å²) < 4.78 is 2.07. The van der Waals surface area contributed by atoms with Crippen LogP contribution in [0.5, 0.6) is 11.5 Å². The predicted octanol–water partition coefficient (Wildman–Crippen LogP) is 4.83. The summed E-state index contributed by atoms with van der Waals surface area (Å²) in [5.41, 5.74) is 2.33. The van der Waals surface area contributed by atoms with E-state index in [4.69, 9.17) is 0 Å². The molecular weight excluding hydrogens is 534 g/mol. The maximum atomic E-state index is 9.50. The van der Waals surface area contributed by atoms with E-state index < -0.39 is 0 Å². The van der Waals surface area contributed by atoms with E-state index in [0.29, 0.717) is 0 Å². The Bertz CT molecular complexity index is 550. The highest BCUT2D eigenvalue weighted by molar-refractivity contribution is 14.1. The molecule has 19 heavy (non-hydrogen) atoms. The van der Waals surface area contributed by atoms with Crippen LogP contribution in [0.2, 0.25) is 0 Å². The summed E-state index contributed by atoms with van der Waals surface area (Å²) in [5.74, 6) is 0.753. The predicted molar refractivity (Wildman–Crippen MR) is 97.3 cm³/mol. The van der Waals surface area contributed by atoms with Crippen LogP contribution < -0.4 is 0 Å². The van der Waals surface area contributed by atoms with Crippen LogP contribution in [-0.4, -0.2) is 15.5 Å². The van der Waals surface area contributed by atoms with Gasteiger partial charge in [-0.15, -0.1) is 0 Å². The van der Waals surface area contributed by atoms with Crippen molar-refractivity contribution in [2.75, 3.05) is 5.33 Å². The Balaban J connectivity index is 2.50. The first kappa shape index (κ1) is 15.4. The smallest absolute Gasteiger partial charge is 0.116 e. The van der Waals surface area contributed by atoms with Crippen molar-refractivity contribution in [1.29, 1.82) is 0 Å². The molecule has 0 radical (unpaired) electrons. The third-order valence-electron chi connectivity index (χ3n) is 2.87. The summed E-state index contributed by atoms with van der Waals surface area (Å²) >= 11 is 8.04. The normalized spacial score (nSPS) is 10.9. The minimum absolute atomic E-state index is 0.194. The third-order valence-corrected chi connectivity index (χ3v) is 5.39. The van der Waals surface area contributed by atoms with E-state index in [0.717, 1.165) is 12.5 Å². The number of halogens is 3. The van der Waals surface area contributed by atoms with E-state index in [1.54, 1.807) is 24.3 Å². The molecule has 0 amide bonds. The van der Waals surface area contributed by atoms with Gasteiger partial charge in [0.25, 0.3) is 0 Å². The zero-order valence-corrected chi connectivity index (χ0v) is 15.7. The van der Waals surface area contributed by atoms with Gasteiger partial charge in [0.2, 0.25) is 0 Å². The Hall–Kier alpha value is -0.0200. The number of rotatable bonds is 3. The second kappa shape index (κ2) is 6.62. The van der Waals surface area contributed by atoms with E-state index in [9.17, 15) is 10.2 Å². The maximum Gasteiger partial charge on any atom is 0.116 e. The lowest BCUT2D eigenvalue weighted by atomic mass is 9.93. The number of benzene rings is 2. The lowest BCUT2D eigenvalue weighted by Gasteiger charge is -2.18. The molecule has 0 heterocycles. The first-order valence-electron chi connectivity index (χ1n) is 5.55. The molecule has 2 aromatic rings. The van der Waals surface area contributed by atoms with E-state index in [1.807, 2.05) is 12.1 Å². The van der Waals surface area contributed by atoms with Crippen LogP contribution in [0.4, 0.5) is 0 Å². The molecule has 0 aliphatic rings. The number of hydrogen-bond donors (Lipinski definition) is 2. The van der Waals surface area contributed by atoms with E-state index in [-0.39, 0.29) is 17.4 Å². The van der Waals surface area contributed by atoms with Crippen molar-refractivity contribution >= 4 is 61.1 Å². The second-order valence-corrected chi connectivity index (χ2v) is 7.09. The molecule has 0 saturated carbocycles. The molecule has 0 bridgehead atoms. The average Bonchev–Trinajstić information content (AvgIpc) is 2.34. The van der Waals surface area contributed by atoms with Gasteiger partial charge in [0, 0.05) is 18.4 Å². The SMILES string of the molecule is Oc1ccc(C(CBr)c2ccc(O)cc2I)c(I)c1. The lowest BCUT2D eigenvalue weighted by Crippen LogP contribution is -2.06. The van der Waals surface area contributed by atoms with E-state index in [2.05, 4.69) is 61.1 Å². The van der Waals surface area contributed by atoms with E-state index >= 15 is 0 Å². The Kier molecular flexibility index (Phi) is 5.36. The fraction of sp³-hybridized carbons (Fsp3) is 0.143. The fourth-order valence-electron chi connectivity index (χ4n) is 1.93. The molecule has 0 fully saturated rings. The number of aromatic hydroxyl groups is 2. The first-order chi connectivity index (χ1) is 9.02. The summed E-state index contributed by atoms with van der Waals surface area (Å²) in [4.78, 5) is 0. The fourth-order valence-corrected chi connectivity index (χ4v) is 4.38. The summed E-state index contributed by atoms with van der Waals surface area (Å²) in [7, 11) is 0. The number of hydrogen-bond acceptors (Lipinski definition) is 2. The summed E-state index contributed by atoms with van der Waals surface area (Å²) in [6.07, 6.45) is 0. The van der Waals surface area contributed by atoms with Crippen molar-refractivity contribution < 1.29 is 10.2 Å². The van der Waals surface area contributed by atoms with E-state index in [1.165, 1.54) is 11.1 Å². The van der Waals surface area contributed by atoms with Crippen molar-refractivity contribution in [2.24, 2.45) is 0 Å². The third kappa shape index (κ3) is 3.55. The van der Waals surface area contributed by atoms with Crippen LogP contribution in [0.15, 0.2) is 36.4 Å². The lowest BCUT2D eigenvalue weighted by molar-refractivity contribution is 0.474. The van der Waals surface area contributed by atoms with Gasteiger partial charge in [0.1, 0.15) is 11.5 Å². The summed E-state index contributed by atoms with van der Waals surface area (Å²) in [6, 6.07) is 10.8. The van der Waals surface area contributed by atoms with Crippen LogP contribution in [0.3, 0.4) is 0 Å². The molecule has 2 rings (SSSR count). The van der Waals surface area contributed by atoms with Crippen LogP contribution in [0.25, 0.3) is 0 Å². The topological polar surface area (TPSA) is 40.5 Å². The Labute approximate surface area is 147 Å². The first-order valence-corrected chi connectivity index (χ1v) is 8.83. The Morgan fingerprint density at radius 3 is 1.63 bits per heavy atom. The maximum absolute atomic E-state index is 9.50. The standard InChI is InChI=1S/C14H11BrI2O2/c15-7-12(10-3-1-8(18)5-13(10)16)11-4-2-9(19)6-14(11)17/h1-6,12,18-19H,7H2. The molecule has 0 atom stereocenters. The largest absolute Gasteiger partial charge is 0.508 e. The van der Waals surface area contributed by atoms with Crippen molar-refractivity contribution in [3.8, 4) is 11.5 Å². The van der Waals surface area contributed by atoms with Gasteiger partial charge in [0.05, 0.1) is 0 Å². The molecule has 100 valence electrons. The molecule has 0 aliphatic heterocycles. The zero-order valence-electron chi connectivity index (χ0n) is 9.78. The minimum atomic E-state index is 0.194. The van der Waals surface area contributed by atoms with Gasteiger partial charge in [-0.25, -0.2) is 0 Å². The van der Waals surface area contributed by atoms with Crippen molar-refractivity contribution in [1.82, 2.24) is 0 Å². The summed E-state index contributed by atoms with van der Waals surface area (Å²) in [6.45, 7) is 0. The number of alkyl halides is 1. The molecular formula is C14H11BrI2O2. The number of phenolic OH excluding ortho intramolecular Hbond substituents is 2. The molecule has 0 aliphatic carbocycles. The van der Waals surface area contributed by atoms with Gasteiger partial charge >= 0.3 is 0 Å². The highest BCUT2D eigenvalue weighted by atomic mass is 127. The number of phenols is 2. The van der Waals surface area contributed by atoms with Crippen molar-refractivity contribution in [3.63, 3.8) is 0 Å². The minimum Gasteiger partial charge on any atom is -0.508 e. The Morgan fingerprint density at radius 1 is 0.895 bits per heavy atom. The molecule has 0 spiro atoms. The molecule has 5 heteroatoms. The highest BCUT2D eigenvalue weighted by Gasteiger charge is 2.18. The van der Waals surface area contributed by atoms with Crippen LogP contribution in [0, 0.1) is 7.14 Å². The zero-order chi connectivity index (χ0) is 14.0. The molecule has 0 aromatic heterocycles. The van der Waals surface area contributed by atoms with Crippen LogP contribution in [0.1, 0.15) is 17.0 Å².